The van der Waals surface area contributed by atoms with Gasteiger partial charge >= 0.3 is 6.09 Å². The third-order valence-electron chi connectivity index (χ3n) is 5.12. The van der Waals surface area contributed by atoms with Gasteiger partial charge in [0.15, 0.2) is 0 Å². The summed E-state index contributed by atoms with van der Waals surface area (Å²) in [4.78, 5) is 32.9. The number of hydrazone groups is 1. The Labute approximate surface area is 197 Å². The van der Waals surface area contributed by atoms with Crippen LogP contribution in [0.15, 0.2) is 72.1 Å². The van der Waals surface area contributed by atoms with Gasteiger partial charge in [-0.3, -0.25) is 9.78 Å². The van der Waals surface area contributed by atoms with E-state index in [4.69, 9.17) is 4.74 Å². The van der Waals surface area contributed by atoms with Crippen molar-refractivity contribution in [3.05, 3.63) is 78.1 Å². The second kappa shape index (κ2) is 9.74. The summed E-state index contributed by atoms with van der Waals surface area (Å²) < 4.78 is 5.36. The lowest BCUT2D eigenvalue weighted by Gasteiger charge is -2.22. The number of rotatable bonds is 6. The highest BCUT2D eigenvalue weighted by atomic mass is 16.6. The van der Waals surface area contributed by atoms with Gasteiger partial charge in [0.25, 0.3) is 5.91 Å². The zero-order chi connectivity index (χ0) is 24.1. The number of fused-ring (bicyclic) bond motifs is 2. The van der Waals surface area contributed by atoms with Gasteiger partial charge in [0.1, 0.15) is 11.6 Å². The van der Waals surface area contributed by atoms with Crippen LogP contribution in [-0.2, 0) is 16.0 Å². The molecule has 8 heteroatoms. The predicted molar refractivity (Wildman–Crippen MR) is 133 cm³/mol. The summed E-state index contributed by atoms with van der Waals surface area (Å²) in [6.45, 7) is 5.31. The molecule has 4 rings (SSSR count). The number of aromatic amines is 1. The molecule has 34 heavy (non-hydrogen) atoms. The van der Waals surface area contributed by atoms with E-state index in [1.54, 1.807) is 33.2 Å². The molecule has 0 bridgehead atoms. The van der Waals surface area contributed by atoms with Crippen LogP contribution in [0.1, 0.15) is 31.9 Å². The number of para-hydroxylation sites is 1. The second-order valence-electron chi connectivity index (χ2n) is 8.95. The minimum atomic E-state index is -0.882. The van der Waals surface area contributed by atoms with Gasteiger partial charge < -0.3 is 15.0 Å². The summed E-state index contributed by atoms with van der Waals surface area (Å²) in [7, 11) is 0. The number of pyridine rings is 1. The van der Waals surface area contributed by atoms with Crippen LogP contribution in [0.5, 0.6) is 0 Å². The van der Waals surface area contributed by atoms with Gasteiger partial charge in [-0.15, -0.1) is 0 Å². The van der Waals surface area contributed by atoms with E-state index in [1.807, 2.05) is 60.8 Å². The fourth-order valence-electron chi connectivity index (χ4n) is 3.60. The minimum absolute atomic E-state index is 0.270. The molecule has 2 amide bonds. The first kappa shape index (κ1) is 23.0. The normalized spacial score (nSPS) is 12.7. The average Bonchev–Trinajstić information content (AvgIpc) is 3.20. The van der Waals surface area contributed by atoms with E-state index < -0.39 is 23.6 Å². The van der Waals surface area contributed by atoms with Crippen LogP contribution < -0.4 is 10.7 Å². The van der Waals surface area contributed by atoms with Gasteiger partial charge in [0.2, 0.25) is 0 Å². The van der Waals surface area contributed by atoms with Gasteiger partial charge in [0, 0.05) is 35.1 Å². The predicted octanol–water partition coefficient (Wildman–Crippen LogP) is 4.30. The summed E-state index contributed by atoms with van der Waals surface area (Å²) in [6, 6.07) is 16.4. The molecular weight excluding hydrogens is 430 g/mol. The number of nitrogens with one attached hydrogen (secondary N) is 3. The Morgan fingerprint density at radius 1 is 1.15 bits per heavy atom. The molecule has 2 heterocycles. The quantitative estimate of drug-likeness (QED) is 0.296. The molecule has 0 saturated carbocycles. The Balaban J connectivity index is 1.49. The molecular formula is C26H27N5O3. The van der Waals surface area contributed by atoms with E-state index in [-0.39, 0.29) is 6.42 Å². The Bertz CT molecular complexity index is 1350. The summed E-state index contributed by atoms with van der Waals surface area (Å²) in [5.41, 5.74) is 5.41. The van der Waals surface area contributed by atoms with Crippen molar-refractivity contribution in [3.8, 4) is 0 Å². The van der Waals surface area contributed by atoms with Gasteiger partial charge in [-0.2, -0.15) is 5.10 Å². The number of ether oxygens (including phenoxy) is 1. The van der Waals surface area contributed by atoms with Crippen LogP contribution in [0, 0.1) is 0 Å². The molecule has 1 atom stereocenters. The van der Waals surface area contributed by atoms with Crippen molar-refractivity contribution in [1.29, 1.82) is 0 Å². The zero-order valence-corrected chi connectivity index (χ0v) is 19.3. The van der Waals surface area contributed by atoms with Crippen molar-refractivity contribution in [1.82, 2.24) is 20.7 Å². The standard InChI is InChI=1S/C26H27N5O3/c1-26(2,3)34-25(33)30-23(14-19-16-28-22-9-5-4-8-20(19)22)24(32)31-29-15-17-10-11-21-18(13-17)7-6-12-27-21/h4-13,15-16,23,28H,14H2,1-3H3,(H,30,33)(H,31,32)/b29-15+. The fraction of sp³-hybridized carbons (Fsp3) is 0.231. The average molecular weight is 458 g/mol. The molecule has 0 aliphatic rings. The van der Waals surface area contributed by atoms with Crippen molar-refractivity contribution in [2.45, 2.75) is 38.8 Å². The maximum Gasteiger partial charge on any atom is 0.408 e. The van der Waals surface area contributed by atoms with Crippen molar-refractivity contribution in [2.24, 2.45) is 5.10 Å². The Kier molecular flexibility index (Phi) is 6.58. The van der Waals surface area contributed by atoms with Crippen molar-refractivity contribution in [2.75, 3.05) is 0 Å². The molecule has 0 spiro atoms. The van der Waals surface area contributed by atoms with Gasteiger partial charge in [0.05, 0.1) is 11.7 Å². The van der Waals surface area contributed by atoms with E-state index in [2.05, 4.69) is 25.8 Å². The third kappa shape index (κ3) is 5.78. The third-order valence-corrected chi connectivity index (χ3v) is 5.12. The molecule has 0 aliphatic carbocycles. The SMILES string of the molecule is CC(C)(C)OC(=O)NC(Cc1c[nH]c2ccccc12)C(=O)N/N=C/c1ccc2ncccc2c1. The number of hydrogen-bond acceptors (Lipinski definition) is 5. The molecule has 8 nitrogen and oxygen atoms in total. The van der Waals surface area contributed by atoms with Crippen molar-refractivity contribution < 1.29 is 14.3 Å². The zero-order valence-electron chi connectivity index (χ0n) is 19.3. The van der Waals surface area contributed by atoms with Crippen LogP contribution >= 0.6 is 0 Å². The van der Waals surface area contributed by atoms with E-state index in [0.29, 0.717) is 0 Å². The number of carbonyl (C=O) groups is 2. The first-order chi connectivity index (χ1) is 16.3. The summed E-state index contributed by atoms with van der Waals surface area (Å²) in [6.07, 6.45) is 4.74. The number of aromatic nitrogens is 2. The highest BCUT2D eigenvalue weighted by molar-refractivity contribution is 5.91. The molecule has 3 N–H and O–H groups in total. The lowest BCUT2D eigenvalue weighted by atomic mass is 10.0. The Morgan fingerprint density at radius 3 is 2.79 bits per heavy atom. The summed E-state index contributed by atoms with van der Waals surface area (Å²) >= 11 is 0. The second-order valence-corrected chi connectivity index (χ2v) is 8.95. The number of nitrogens with zero attached hydrogens (tertiary/aromatic N) is 2. The molecule has 0 fully saturated rings. The van der Waals surface area contributed by atoms with Gasteiger partial charge in [-0.1, -0.05) is 30.3 Å². The van der Waals surface area contributed by atoms with Crippen LogP contribution in [0.4, 0.5) is 4.79 Å². The highest BCUT2D eigenvalue weighted by Crippen LogP contribution is 2.19. The molecule has 0 radical (unpaired) electrons. The molecule has 2 aromatic carbocycles. The summed E-state index contributed by atoms with van der Waals surface area (Å²) in [5.74, 6) is -0.449. The van der Waals surface area contributed by atoms with Gasteiger partial charge in [-0.05, 0) is 56.2 Å². The van der Waals surface area contributed by atoms with E-state index in [0.717, 1.165) is 32.9 Å². The number of amides is 2. The Morgan fingerprint density at radius 2 is 1.97 bits per heavy atom. The summed E-state index contributed by atoms with van der Waals surface area (Å²) in [5, 5.41) is 8.74. The number of benzene rings is 2. The Hall–Kier alpha value is -4.20. The first-order valence-electron chi connectivity index (χ1n) is 11.0. The number of H-pyrrole nitrogens is 1. The maximum absolute atomic E-state index is 13.0. The van der Waals surface area contributed by atoms with E-state index in [9.17, 15) is 9.59 Å². The van der Waals surface area contributed by atoms with Crippen molar-refractivity contribution >= 4 is 40.0 Å². The first-order valence-corrected chi connectivity index (χ1v) is 11.0. The lowest BCUT2D eigenvalue weighted by Crippen LogP contribution is -2.48. The van der Waals surface area contributed by atoms with Crippen molar-refractivity contribution in [3.63, 3.8) is 0 Å². The molecule has 4 aromatic rings. The van der Waals surface area contributed by atoms with Crippen LogP contribution in [0.2, 0.25) is 0 Å². The van der Waals surface area contributed by atoms with Crippen LogP contribution in [0.3, 0.4) is 0 Å². The molecule has 2 aromatic heterocycles. The maximum atomic E-state index is 13.0. The monoisotopic (exact) mass is 457 g/mol. The van der Waals surface area contributed by atoms with E-state index in [1.165, 1.54) is 0 Å². The smallest absolute Gasteiger partial charge is 0.408 e. The lowest BCUT2D eigenvalue weighted by molar-refractivity contribution is -0.123. The fourth-order valence-corrected chi connectivity index (χ4v) is 3.60. The molecule has 174 valence electrons. The van der Waals surface area contributed by atoms with Crippen LogP contribution in [-0.4, -0.2) is 39.8 Å². The minimum Gasteiger partial charge on any atom is -0.444 e. The number of alkyl carbamates (subject to hydrolysis) is 1. The number of carbonyl (C=O) groups excluding carboxylic acids is 2. The van der Waals surface area contributed by atoms with Crippen LogP contribution in [0.25, 0.3) is 21.8 Å². The highest BCUT2D eigenvalue weighted by Gasteiger charge is 2.25. The number of hydrogen-bond donors (Lipinski definition) is 3. The largest absolute Gasteiger partial charge is 0.444 e. The van der Waals surface area contributed by atoms with Gasteiger partial charge in [-0.25, -0.2) is 10.2 Å². The molecule has 1 unspecified atom stereocenters. The molecule has 0 aliphatic heterocycles. The van der Waals surface area contributed by atoms with E-state index >= 15 is 0 Å². The topological polar surface area (TPSA) is 108 Å². The molecule has 0 saturated heterocycles.